The van der Waals surface area contributed by atoms with E-state index >= 15 is 0 Å². The highest BCUT2D eigenvalue weighted by Crippen LogP contribution is 2.12. The molecule has 0 aliphatic rings. The van der Waals surface area contributed by atoms with Crippen LogP contribution in [0, 0.1) is 0 Å². The summed E-state index contributed by atoms with van der Waals surface area (Å²) in [5.74, 6) is 5.29. The van der Waals surface area contributed by atoms with Gasteiger partial charge in [0.25, 0.3) is 0 Å². The molecule has 0 saturated carbocycles. The van der Waals surface area contributed by atoms with Gasteiger partial charge in [-0.05, 0) is 24.3 Å². The van der Waals surface area contributed by atoms with Crippen molar-refractivity contribution in [2.45, 2.75) is 0 Å². The molecular weight excluding hydrogens is 200 g/mol. The molecule has 2 aromatic rings. The van der Waals surface area contributed by atoms with Gasteiger partial charge in [-0.3, -0.25) is 5.84 Å². The van der Waals surface area contributed by atoms with Crippen molar-refractivity contribution in [2.24, 2.45) is 5.84 Å². The summed E-state index contributed by atoms with van der Waals surface area (Å²) >= 11 is 0. The third-order valence-electron chi connectivity index (χ3n) is 1.78. The topological polar surface area (TPSA) is 55.9 Å². The SMILES string of the molecule is Cl.NNc1cccc(-n2cccn2)c1. The molecule has 0 unspecified atom stereocenters. The molecule has 0 aliphatic heterocycles. The zero-order valence-electron chi connectivity index (χ0n) is 7.42. The monoisotopic (exact) mass is 210 g/mol. The number of halogens is 1. The molecule has 1 aromatic heterocycles. The van der Waals surface area contributed by atoms with E-state index in [0.29, 0.717) is 0 Å². The second-order valence-corrected chi connectivity index (χ2v) is 2.65. The lowest BCUT2D eigenvalue weighted by Crippen LogP contribution is -2.07. The Morgan fingerprint density at radius 3 is 2.79 bits per heavy atom. The number of nitrogen functional groups attached to an aromatic ring is 1. The Bertz CT molecular complexity index is 385. The molecule has 4 nitrogen and oxygen atoms in total. The fraction of sp³-hybridized carbons (Fsp3) is 0. The van der Waals surface area contributed by atoms with Gasteiger partial charge in [0.1, 0.15) is 0 Å². The van der Waals surface area contributed by atoms with Crippen molar-refractivity contribution in [3.63, 3.8) is 0 Å². The van der Waals surface area contributed by atoms with Gasteiger partial charge in [0.2, 0.25) is 0 Å². The lowest BCUT2D eigenvalue weighted by Gasteiger charge is -2.03. The number of benzene rings is 1. The molecule has 0 spiro atoms. The first kappa shape index (κ1) is 10.6. The summed E-state index contributed by atoms with van der Waals surface area (Å²) in [6.45, 7) is 0. The minimum absolute atomic E-state index is 0. The third kappa shape index (κ3) is 2.04. The zero-order valence-corrected chi connectivity index (χ0v) is 8.24. The molecule has 0 fully saturated rings. The molecule has 0 aliphatic carbocycles. The molecule has 14 heavy (non-hydrogen) atoms. The van der Waals surface area contributed by atoms with Gasteiger partial charge in [-0.15, -0.1) is 12.4 Å². The largest absolute Gasteiger partial charge is 0.324 e. The maximum Gasteiger partial charge on any atom is 0.0666 e. The summed E-state index contributed by atoms with van der Waals surface area (Å²) in [6, 6.07) is 9.59. The van der Waals surface area contributed by atoms with Gasteiger partial charge < -0.3 is 5.43 Å². The number of nitrogens with zero attached hydrogens (tertiary/aromatic N) is 2. The van der Waals surface area contributed by atoms with Crippen LogP contribution in [-0.2, 0) is 0 Å². The normalized spacial score (nSPS) is 9.21. The summed E-state index contributed by atoms with van der Waals surface area (Å²) in [7, 11) is 0. The molecule has 0 amide bonds. The van der Waals surface area contributed by atoms with Crippen LogP contribution >= 0.6 is 12.4 Å². The fourth-order valence-corrected chi connectivity index (χ4v) is 1.16. The summed E-state index contributed by atoms with van der Waals surface area (Å²) in [5, 5.41) is 4.11. The summed E-state index contributed by atoms with van der Waals surface area (Å²) in [6.07, 6.45) is 3.62. The highest BCUT2D eigenvalue weighted by molar-refractivity contribution is 5.85. The number of hydrogen-bond acceptors (Lipinski definition) is 3. The van der Waals surface area contributed by atoms with Gasteiger partial charge in [-0.1, -0.05) is 6.07 Å². The Hall–Kier alpha value is -1.52. The van der Waals surface area contributed by atoms with Crippen LogP contribution in [0.2, 0.25) is 0 Å². The van der Waals surface area contributed by atoms with Gasteiger partial charge in [0.15, 0.2) is 0 Å². The molecule has 0 saturated heterocycles. The van der Waals surface area contributed by atoms with Gasteiger partial charge >= 0.3 is 0 Å². The first-order valence-corrected chi connectivity index (χ1v) is 3.97. The van der Waals surface area contributed by atoms with Crippen molar-refractivity contribution < 1.29 is 0 Å². The van der Waals surface area contributed by atoms with E-state index in [-0.39, 0.29) is 12.4 Å². The number of nitrogens with two attached hydrogens (primary N) is 1. The fourth-order valence-electron chi connectivity index (χ4n) is 1.16. The maximum absolute atomic E-state index is 5.29. The van der Waals surface area contributed by atoms with E-state index < -0.39 is 0 Å². The van der Waals surface area contributed by atoms with Gasteiger partial charge in [0, 0.05) is 12.4 Å². The maximum atomic E-state index is 5.29. The predicted molar refractivity (Wildman–Crippen MR) is 58.6 cm³/mol. The quantitative estimate of drug-likeness (QED) is 0.585. The van der Waals surface area contributed by atoms with E-state index in [1.165, 1.54) is 0 Å². The number of rotatable bonds is 2. The Labute approximate surface area is 88.1 Å². The first-order chi connectivity index (χ1) is 6.40. The van der Waals surface area contributed by atoms with Crippen molar-refractivity contribution in [3.8, 4) is 5.69 Å². The Balaban J connectivity index is 0.000000980. The highest BCUT2D eigenvalue weighted by Gasteiger charge is 1.95. The average Bonchev–Trinajstić information content (AvgIpc) is 2.71. The van der Waals surface area contributed by atoms with Crippen molar-refractivity contribution in [2.75, 3.05) is 5.43 Å². The third-order valence-corrected chi connectivity index (χ3v) is 1.78. The minimum atomic E-state index is 0. The number of hydrazine groups is 1. The number of anilines is 1. The van der Waals surface area contributed by atoms with Crippen molar-refractivity contribution >= 4 is 18.1 Å². The standard InChI is InChI=1S/C9H10N4.ClH/c10-12-8-3-1-4-9(7-8)13-6-2-5-11-13;/h1-7,12H,10H2;1H. The molecule has 5 heteroatoms. The van der Waals surface area contributed by atoms with Crippen LogP contribution in [0.25, 0.3) is 5.69 Å². The van der Waals surface area contributed by atoms with Crippen molar-refractivity contribution in [3.05, 3.63) is 42.7 Å². The number of hydrogen-bond donors (Lipinski definition) is 2. The molecule has 0 radical (unpaired) electrons. The van der Waals surface area contributed by atoms with Gasteiger partial charge in [-0.25, -0.2) is 4.68 Å². The molecule has 0 bridgehead atoms. The average molecular weight is 211 g/mol. The van der Waals surface area contributed by atoms with Gasteiger partial charge in [-0.2, -0.15) is 5.10 Å². The first-order valence-electron chi connectivity index (χ1n) is 3.97. The summed E-state index contributed by atoms with van der Waals surface area (Å²) in [5.41, 5.74) is 4.44. The molecule has 0 atom stereocenters. The molecular formula is C9H11ClN4. The number of aromatic nitrogens is 2. The number of nitrogens with one attached hydrogen (secondary N) is 1. The Morgan fingerprint density at radius 2 is 2.14 bits per heavy atom. The van der Waals surface area contributed by atoms with E-state index in [4.69, 9.17) is 5.84 Å². The second-order valence-electron chi connectivity index (χ2n) is 2.65. The zero-order chi connectivity index (χ0) is 9.10. The van der Waals surface area contributed by atoms with Crippen LogP contribution < -0.4 is 11.3 Å². The Morgan fingerprint density at radius 1 is 1.29 bits per heavy atom. The minimum Gasteiger partial charge on any atom is -0.324 e. The summed E-state index contributed by atoms with van der Waals surface area (Å²) in [4.78, 5) is 0. The van der Waals surface area contributed by atoms with E-state index in [0.717, 1.165) is 11.4 Å². The van der Waals surface area contributed by atoms with E-state index in [1.807, 2.05) is 36.5 Å². The molecule has 3 N–H and O–H groups in total. The molecule has 74 valence electrons. The van der Waals surface area contributed by atoms with Crippen LogP contribution in [0.15, 0.2) is 42.7 Å². The smallest absolute Gasteiger partial charge is 0.0666 e. The highest BCUT2D eigenvalue weighted by atomic mass is 35.5. The van der Waals surface area contributed by atoms with Crippen molar-refractivity contribution in [1.82, 2.24) is 9.78 Å². The van der Waals surface area contributed by atoms with Crippen molar-refractivity contribution in [1.29, 1.82) is 0 Å². The van der Waals surface area contributed by atoms with Crippen LogP contribution in [0.4, 0.5) is 5.69 Å². The van der Waals surface area contributed by atoms with Crippen LogP contribution in [0.3, 0.4) is 0 Å². The van der Waals surface area contributed by atoms with E-state index in [9.17, 15) is 0 Å². The second kappa shape index (κ2) is 4.64. The molecule has 1 aromatic carbocycles. The van der Waals surface area contributed by atoms with Crippen LogP contribution in [0.5, 0.6) is 0 Å². The summed E-state index contributed by atoms with van der Waals surface area (Å²) < 4.78 is 1.78. The Kier molecular flexibility index (Phi) is 3.50. The van der Waals surface area contributed by atoms with Crippen LogP contribution in [-0.4, -0.2) is 9.78 Å². The lowest BCUT2D eigenvalue weighted by molar-refractivity contribution is 0.880. The van der Waals surface area contributed by atoms with Crippen LogP contribution in [0.1, 0.15) is 0 Å². The molecule has 1 heterocycles. The predicted octanol–water partition coefficient (Wildman–Crippen LogP) is 1.58. The lowest BCUT2D eigenvalue weighted by atomic mass is 10.3. The van der Waals surface area contributed by atoms with Gasteiger partial charge in [0.05, 0.1) is 11.4 Å². The van der Waals surface area contributed by atoms with E-state index in [2.05, 4.69) is 10.5 Å². The molecule has 2 rings (SSSR count). The van der Waals surface area contributed by atoms with E-state index in [1.54, 1.807) is 10.9 Å².